The molecule has 3 aromatic carbocycles. The summed E-state index contributed by atoms with van der Waals surface area (Å²) in [7, 11) is 2.16. The summed E-state index contributed by atoms with van der Waals surface area (Å²) < 4.78 is 4.75. The minimum Gasteiger partial charge on any atom is -0.339 e. The molecule has 1 aliphatic heterocycles. The standard InChI is InChI=1S/C29H33BN3/c1-20(2)24-15-11-16-25(21(3)4)28(24)30-32-19-18-31(6)29(32)27-22(5)12-10-17-26(27)33(30)23-13-8-7-9-14-23/h7-21H,1-6H3/q+1. The van der Waals surface area contributed by atoms with Gasteiger partial charge in [0, 0.05) is 16.8 Å². The second-order valence-corrected chi connectivity index (χ2v) is 9.85. The largest absolute Gasteiger partial charge is 0.542 e. The molecule has 4 aromatic rings. The van der Waals surface area contributed by atoms with Crippen molar-refractivity contribution in [3.63, 3.8) is 0 Å². The smallest absolute Gasteiger partial charge is 0.339 e. The van der Waals surface area contributed by atoms with Crippen LogP contribution in [0.3, 0.4) is 0 Å². The lowest BCUT2D eigenvalue weighted by Crippen LogP contribution is -2.71. The Morgan fingerprint density at radius 2 is 1.42 bits per heavy atom. The Hall–Kier alpha value is -3.27. The highest BCUT2D eigenvalue weighted by molar-refractivity contribution is 6.72. The molecular formula is C29H33BN3+. The molecule has 0 aliphatic carbocycles. The van der Waals surface area contributed by atoms with Gasteiger partial charge in [-0.15, -0.1) is 0 Å². The van der Waals surface area contributed by atoms with Crippen LogP contribution in [0.4, 0.5) is 11.4 Å². The molecule has 0 saturated carbocycles. The van der Waals surface area contributed by atoms with Gasteiger partial charge in [0.05, 0.1) is 12.6 Å². The summed E-state index contributed by atoms with van der Waals surface area (Å²) in [4.78, 5) is 2.54. The molecule has 0 amide bonds. The SMILES string of the molecule is Cc1cccc2c1-c1n(C)cc[n+]1B(c1c(C(C)C)cccc1C(C)C)N2c1ccccc1. The predicted octanol–water partition coefficient (Wildman–Crippen LogP) is 5.93. The van der Waals surface area contributed by atoms with Gasteiger partial charge >= 0.3 is 6.98 Å². The maximum Gasteiger partial charge on any atom is 0.542 e. The zero-order valence-electron chi connectivity index (χ0n) is 20.6. The fourth-order valence-corrected chi connectivity index (χ4v) is 5.44. The maximum absolute atomic E-state index is 2.54. The van der Waals surface area contributed by atoms with Crippen LogP contribution in [0, 0.1) is 6.92 Å². The summed E-state index contributed by atoms with van der Waals surface area (Å²) in [6, 6.07) is 24.4. The summed E-state index contributed by atoms with van der Waals surface area (Å²) >= 11 is 0. The first-order valence-electron chi connectivity index (χ1n) is 12.0. The van der Waals surface area contributed by atoms with Gasteiger partial charge in [0.2, 0.25) is 0 Å². The van der Waals surface area contributed by atoms with Gasteiger partial charge in [-0.25, -0.2) is 4.57 Å². The number of aryl methyl sites for hydroxylation is 2. The normalized spacial score (nSPS) is 13.0. The number of fused-ring (bicyclic) bond motifs is 3. The average Bonchev–Trinajstić information content (AvgIpc) is 3.19. The van der Waals surface area contributed by atoms with Gasteiger partial charge < -0.3 is 4.81 Å². The van der Waals surface area contributed by atoms with Crippen LogP contribution < -0.4 is 14.8 Å². The Labute approximate surface area is 198 Å². The van der Waals surface area contributed by atoms with Crippen LogP contribution in [-0.2, 0) is 7.05 Å². The molecule has 0 radical (unpaired) electrons. The third-order valence-electron chi connectivity index (χ3n) is 6.98. The molecule has 1 aromatic heterocycles. The molecule has 1 aliphatic rings. The van der Waals surface area contributed by atoms with Crippen molar-refractivity contribution in [2.75, 3.05) is 4.81 Å². The molecule has 0 spiro atoms. The number of benzene rings is 3. The van der Waals surface area contributed by atoms with Crippen molar-refractivity contribution in [1.29, 1.82) is 0 Å². The van der Waals surface area contributed by atoms with Crippen LogP contribution in [0.15, 0.2) is 79.1 Å². The van der Waals surface area contributed by atoms with Gasteiger partial charge in [0.15, 0.2) is 0 Å². The number of aromatic nitrogens is 2. The Morgan fingerprint density at radius 1 is 0.788 bits per heavy atom. The van der Waals surface area contributed by atoms with Gasteiger partial charge in [-0.3, -0.25) is 4.48 Å². The van der Waals surface area contributed by atoms with Crippen LogP contribution in [0.1, 0.15) is 56.2 Å². The summed E-state index contributed by atoms with van der Waals surface area (Å²) in [6.07, 6.45) is 4.45. The van der Waals surface area contributed by atoms with Crippen LogP contribution in [0.2, 0.25) is 0 Å². The third-order valence-corrected chi connectivity index (χ3v) is 6.98. The number of nitrogens with zero attached hydrogens (tertiary/aromatic N) is 3. The molecule has 0 saturated heterocycles. The number of hydrogen-bond acceptors (Lipinski definition) is 1. The quantitative estimate of drug-likeness (QED) is 0.363. The van der Waals surface area contributed by atoms with E-state index in [1.54, 1.807) is 0 Å². The minimum absolute atomic E-state index is 0.0360. The van der Waals surface area contributed by atoms with E-state index in [9.17, 15) is 0 Å². The molecule has 3 nitrogen and oxygen atoms in total. The fourth-order valence-electron chi connectivity index (χ4n) is 5.44. The number of para-hydroxylation sites is 1. The van der Waals surface area contributed by atoms with Crippen molar-refractivity contribution in [3.05, 3.63) is 95.8 Å². The van der Waals surface area contributed by atoms with E-state index in [0.29, 0.717) is 11.8 Å². The molecule has 33 heavy (non-hydrogen) atoms. The lowest BCUT2D eigenvalue weighted by atomic mass is 9.57. The van der Waals surface area contributed by atoms with Gasteiger partial charge in [0.1, 0.15) is 12.4 Å². The van der Waals surface area contributed by atoms with Crippen LogP contribution >= 0.6 is 0 Å². The second kappa shape index (κ2) is 8.26. The van der Waals surface area contributed by atoms with Gasteiger partial charge in [-0.1, -0.05) is 76.2 Å². The molecule has 0 N–H and O–H groups in total. The van der Waals surface area contributed by atoms with Crippen molar-refractivity contribution in [2.45, 2.75) is 46.5 Å². The lowest BCUT2D eigenvalue weighted by Gasteiger charge is -2.36. The highest BCUT2D eigenvalue weighted by atomic mass is 15.2. The Kier molecular flexibility index (Phi) is 5.40. The first-order chi connectivity index (χ1) is 15.9. The molecule has 166 valence electrons. The van der Waals surface area contributed by atoms with Crippen LogP contribution in [0.5, 0.6) is 0 Å². The Balaban J connectivity index is 1.91. The van der Waals surface area contributed by atoms with E-state index in [1.165, 1.54) is 44.9 Å². The molecule has 2 heterocycles. The van der Waals surface area contributed by atoms with Crippen molar-refractivity contribution in [3.8, 4) is 11.4 Å². The van der Waals surface area contributed by atoms with E-state index in [2.05, 4.69) is 135 Å². The third kappa shape index (κ3) is 3.40. The van der Waals surface area contributed by atoms with Crippen molar-refractivity contribution < 1.29 is 4.48 Å². The minimum atomic E-state index is 0.0360. The van der Waals surface area contributed by atoms with E-state index in [0.717, 1.165) is 0 Å². The number of rotatable bonds is 4. The zero-order valence-corrected chi connectivity index (χ0v) is 20.6. The average molecular weight is 434 g/mol. The van der Waals surface area contributed by atoms with Crippen LogP contribution in [-0.4, -0.2) is 11.5 Å². The first kappa shape index (κ1) is 21.6. The van der Waals surface area contributed by atoms with Crippen molar-refractivity contribution in [1.82, 2.24) is 4.57 Å². The monoisotopic (exact) mass is 434 g/mol. The Morgan fingerprint density at radius 3 is 2.06 bits per heavy atom. The van der Waals surface area contributed by atoms with Gasteiger partial charge in [-0.2, -0.15) is 0 Å². The number of imidazole rings is 1. The molecule has 0 unspecified atom stereocenters. The molecule has 4 heteroatoms. The van der Waals surface area contributed by atoms with Crippen molar-refractivity contribution in [2.24, 2.45) is 7.05 Å². The molecule has 0 atom stereocenters. The summed E-state index contributed by atoms with van der Waals surface area (Å²) in [5.41, 5.74) is 9.35. The van der Waals surface area contributed by atoms with Gasteiger partial charge in [-0.05, 0) is 53.6 Å². The zero-order chi connectivity index (χ0) is 23.3. The Bertz CT molecular complexity index is 1280. The summed E-state index contributed by atoms with van der Waals surface area (Å²) in [5.74, 6) is 2.12. The topological polar surface area (TPSA) is 12.0 Å². The molecule has 0 bridgehead atoms. The second-order valence-electron chi connectivity index (χ2n) is 9.85. The first-order valence-corrected chi connectivity index (χ1v) is 12.0. The number of hydrogen-bond donors (Lipinski definition) is 0. The van der Waals surface area contributed by atoms with E-state index < -0.39 is 0 Å². The van der Waals surface area contributed by atoms with E-state index >= 15 is 0 Å². The predicted molar refractivity (Wildman–Crippen MR) is 140 cm³/mol. The molecular weight excluding hydrogens is 401 g/mol. The highest BCUT2D eigenvalue weighted by Crippen LogP contribution is 2.40. The van der Waals surface area contributed by atoms with Crippen LogP contribution in [0.25, 0.3) is 11.4 Å². The molecule has 5 rings (SSSR count). The van der Waals surface area contributed by atoms with E-state index in [1.807, 2.05) is 0 Å². The highest BCUT2D eigenvalue weighted by Gasteiger charge is 2.47. The van der Waals surface area contributed by atoms with E-state index in [4.69, 9.17) is 0 Å². The molecule has 0 fully saturated rings. The number of anilines is 2. The summed E-state index contributed by atoms with van der Waals surface area (Å²) in [6.45, 7) is 11.5. The summed E-state index contributed by atoms with van der Waals surface area (Å²) in [5, 5.41) is 0. The van der Waals surface area contributed by atoms with Gasteiger partial charge in [0.25, 0.3) is 5.82 Å². The lowest BCUT2D eigenvalue weighted by molar-refractivity contribution is -0.523. The fraction of sp³-hybridized carbons (Fsp3) is 0.276. The maximum atomic E-state index is 2.54. The van der Waals surface area contributed by atoms with E-state index in [-0.39, 0.29) is 6.98 Å². The van der Waals surface area contributed by atoms with Crippen molar-refractivity contribution >= 4 is 23.8 Å².